The fourth-order valence-electron chi connectivity index (χ4n) is 1.67. The molecule has 1 aliphatic rings. The second-order valence-corrected chi connectivity index (χ2v) is 4.09. The van der Waals surface area contributed by atoms with Gasteiger partial charge >= 0.3 is 0 Å². The molecule has 1 fully saturated rings. The first-order chi connectivity index (χ1) is 5.58. The van der Waals surface area contributed by atoms with E-state index in [4.69, 9.17) is 5.11 Å². The molecule has 0 aromatic carbocycles. The van der Waals surface area contributed by atoms with E-state index >= 15 is 0 Å². The number of β-amino-alcohol motifs (C(OH)–C–C–N with tert-alkyl or cyclic N) is 1. The molecule has 1 saturated heterocycles. The number of rotatable bonds is 4. The van der Waals surface area contributed by atoms with Crippen LogP contribution < -0.4 is 5.32 Å². The largest absolute Gasteiger partial charge is 0.392 e. The lowest BCUT2D eigenvalue weighted by Crippen LogP contribution is -2.60. The first-order valence-corrected chi connectivity index (χ1v) is 4.74. The van der Waals surface area contributed by atoms with E-state index in [9.17, 15) is 0 Å². The van der Waals surface area contributed by atoms with Crippen molar-refractivity contribution in [3.05, 3.63) is 0 Å². The minimum absolute atomic E-state index is 0.190. The van der Waals surface area contributed by atoms with Crippen LogP contribution in [0.25, 0.3) is 0 Å². The number of hydrogen-bond donors (Lipinski definition) is 2. The lowest BCUT2D eigenvalue weighted by atomic mass is 10.1. The van der Waals surface area contributed by atoms with Gasteiger partial charge in [0.1, 0.15) is 0 Å². The van der Waals surface area contributed by atoms with Gasteiger partial charge in [-0.15, -0.1) is 0 Å². The van der Waals surface area contributed by atoms with E-state index in [-0.39, 0.29) is 6.10 Å². The summed E-state index contributed by atoms with van der Waals surface area (Å²) in [5.41, 5.74) is 0. The first kappa shape index (κ1) is 9.96. The molecule has 2 N–H and O–H groups in total. The summed E-state index contributed by atoms with van der Waals surface area (Å²) in [6, 6.07) is 1.22. The van der Waals surface area contributed by atoms with Gasteiger partial charge < -0.3 is 10.4 Å². The van der Waals surface area contributed by atoms with Crippen LogP contribution >= 0.6 is 0 Å². The molecule has 1 atom stereocenters. The Kier molecular flexibility index (Phi) is 3.50. The predicted octanol–water partition coefficient (Wildman–Crippen LogP) is 0.0494. The van der Waals surface area contributed by atoms with Crippen LogP contribution in [0, 0.1) is 0 Å². The van der Waals surface area contributed by atoms with E-state index in [0.29, 0.717) is 12.1 Å². The van der Waals surface area contributed by atoms with Crippen molar-refractivity contribution >= 4 is 0 Å². The van der Waals surface area contributed by atoms with Crippen molar-refractivity contribution < 1.29 is 5.11 Å². The Morgan fingerprint density at radius 2 is 2.00 bits per heavy atom. The first-order valence-electron chi connectivity index (χ1n) is 4.74. The van der Waals surface area contributed by atoms with Crippen molar-refractivity contribution in [3.8, 4) is 0 Å². The van der Waals surface area contributed by atoms with E-state index in [1.807, 2.05) is 6.92 Å². The van der Waals surface area contributed by atoms with Crippen LogP contribution in [0.15, 0.2) is 0 Å². The third kappa shape index (κ3) is 3.09. The van der Waals surface area contributed by atoms with Crippen LogP contribution in [0.5, 0.6) is 0 Å². The highest BCUT2D eigenvalue weighted by Gasteiger charge is 2.26. The zero-order chi connectivity index (χ0) is 9.14. The summed E-state index contributed by atoms with van der Waals surface area (Å²) in [6.45, 7) is 9.15. The van der Waals surface area contributed by atoms with E-state index in [2.05, 4.69) is 24.1 Å². The highest BCUT2D eigenvalue weighted by molar-refractivity contribution is 4.87. The van der Waals surface area contributed by atoms with Crippen LogP contribution in [0.1, 0.15) is 20.8 Å². The average Bonchev–Trinajstić information content (AvgIpc) is 1.80. The monoisotopic (exact) mass is 172 g/mol. The Balaban J connectivity index is 2.04. The number of aliphatic hydroxyl groups excluding tert-OH is 1. The molecule has 0 amide bonds. The minimum atomic E-state index is -0.190. The summed E-state index contributed by atoms with van der Waals surface area (Å²) in [6.07, 6.45) is -0.190. The third-order valence-corrected chi connectivity index (χ3v) is 2.05. The Morgan fingerprint density at radius 3 is 2.42 bits per heavy atom. The lowest BCUT2D eigenvalue weighted by Gasteiger charge is -2.41. The van der Waals surface area contributed by atoms with E-state index in [1.54, 1.807) is 0 Å². The van der Waals surface area contributed by atoms with Gasteiger partial charge in [0.05, 0.1) is 6.10 Å². The Morgan fingerprint density at radius 1 is 1.42 bits per heavy atom. The molecule has 0 radical (unpaired) electrons. The minimum Gasteiger partial charge on any atom is -0.392 e. The molecule has 0 aromatic rings. The molecule has 1 rings (SSSR count). The normalized spacial score (nSPS) is 22.8. The molecule has 0 saturated carbocycles. The maximum atomic E-state index is 9.09. The topological polar surface area (TPSA) is 35.5 Å². The summed E-state index contributed by atoms with van der Waals surface area (Å²) in [5.74, 6) is 0. The predicted molar refractivity (Wildman–Crippen MR) is 50.2 cm³/mol. The second-order valence-electron chi connectivity index (χ2n) is 4.09. The quantitative estimate of drug-likeness (QED) is 0.629. The van der Waals surface area contributed by atoms with Crippen molar-refractivity contribution in [1.29, 1.82) is 0 Å². The maximum absolute atomic E-state index is 9.09. The standard InChI is InChI=1S/C9H20N2O/c1-7(2)10-9-5-11(6-9)4-8(3)12/h7-10,12H,4-6H2,1-3H3. The molecule has 1 heterocycles. The van der Waals surface area contributed by atoms with E-state index < -0.39 is 0 Å². The van der Waals surface area contributed by atoms with Gasteiger partial charge in [0.15, 0.2) is 0 Å². The zero-order valence-electron chi connectivity index (χ0n) is 8.25. The fourth-order valence-corrected chi connectivity index (χ4v) is 1.67. The summed E-state index contributed by atoms with van der Waals surface area (Å²) >= 11 is 0. The van der Waals surface area contributed by atoms with Gasteiger partial charge in [-0.1, -0.05) is 13.8 Å². The van der Waals surface area contributed by atoms with Crippen molar-refractivity contribution in [2.75, 3.05) is 19.6 Å². The highest BCUT2D eigenvalue weighted by Crippen LogP contribution is 2.08. The molecule has 0 bridgehead atoms. The molecule has 1 unspecified atom stereocenters. The van der Waals surface area contributed by atoms with Crippen LogP contribution in [-0.4, -0.2) is 47.8 Å². The smallest absolute Gasteiger partial charge is 0.0639 e. The molecular formula is C9H20N2O. The summed E-state index contributed by atoms with van der Waals surface area (Å²) < 4.78 is 0. The average molecular weight is 172 g/mol. The van der Waals surface area contributed by atoms with Crippen molar-refractivity contribution in [2.24, 2.45) is 0 Å². The molecule has 0 spiro atoms. The molecule has 0 aromatic heterocycles. The van der Waals surface area contributed by atoms with E-state index in [1.165, 1.54) is 0 Å². The van der Waals surface area contributed by atoms with Gasteiger partial charge in [-0.05, 0) is 6.92 Å². The third-order valence-electron chi connectivity index (χ3n) is 2.05. The molecule has 3 nitrogen and oxygen atoms in total. The van der Waals surface area contributed by atoms with Crippen LogP contribution in [0.2, 0.25) is 0 Å². The van der Waals surface area contributed by atoms with E-state index in [0.717, 1.165) is 19.6 Å². The molecule has 0 aliphatic carbocycles. The number of aliphatic hydroxyl groups is 1. The number of hydrogen-bond acceptors (Lipinski definition) is 3. The van der Waals surface area contributed by atoms with Gasteiger partial charge in [0, 0.05) is 31.7 Å². The van der Waals surface area contributed by atoms with Crippen LogP contribution in [0.3, 0.4) is 0 Å². The number of likely N-dealkylation sites (tertiary alicyclic amines) is 1. The summed E-state index contributed by atoms with van der Waals surface area (Å²) in [4.78, 5) is 2.27. The van der Waals surface area contributed by atoms with Gasteiger partial charge in [0.2, 0.25) is 0 Å². The number of nitrogens with one attached hydrogen (secondary N) is 1. The Labute approximate surface area is 74.8 Å². The molecule has 72 valence electrons. The highest BCUT2D eigenvalue weighted by atomic mass is 16.3. The van der Waals surface area contributed by atoms with Gasteiger partial charge in [-0.2, -0.15) is 0 Å². The lowest BCUT2D eigenvalue weighted by molar-refractivity contribution is 0.0616. The second kappa shape index (κ2) is 4.21. The maximum Gasteiger partial charge on any atom is 0.0639 e. The van der Waals surface area contributed by atoms with Crippen molar-refractivity contribution in [2.45, 2.75) is 39.0 Å². The number of nitrogens with zero attached hydrogens (tertiary/aromatic N) is 1. The van der Waals surface area contributed by atoms with Gasteiger partial charge in [-0.25, -0.2) is 0 Å². The molecule has 1 aliphatic heterocycles. The van der Waals surface area contributed by atoms with Crippen molar-refractivity contribution in [3.63, 3.8) is 0 Å². The molecule has 12 heavy (non-hydrogen) atoms. The summed E-state index contributed by atoms with van der Waals surface area (Å²) in [7, 11) is 0. The summed E-state index contributed by atoms with van der Waals surface area (Å²) in [5, 5.41) is 12.6. The van der Waals surface area contributed by atoms with Gasteiger partial charge in [0.25, 0.3) is 0 Å². The Bertz CT molecular complexity index is 116. The van der Waals surface area contributed by atoms with Crippen molar-refractivity contribution in [1.82, 2.24) is 10.2 Å². The molecule has 3 heteroatoms. The SMILES string of the molecule is CC(O)CN1CC(NC(C)C)C1. The molecular weight excluding hydrogens is 152 g/mol. The van der Waals surface area contributed by atoms with Gasteiger partial charge in [-0.3, -0.25) is 4.90 Å². The fraction of sp³-hybridized carbons (Fsp3) is 1.00. The van der Waals surface area contributed by atoms with Crippen LogP contribution in [0.4, 0.5) is 0 Å². The zero-order valence-corrected chi connectivity index (χ0v) is 8.25. The Hall–Kier alpha value is -0.120. The van der Waals surface area contributed by atoms with Crippen LogP contribution in [-0.2, 0) is 0 Å².